The number of phenolic OH excluding ortho intramolecular Hbond substituents is 2. The van der Waals surface area contributed by atoms with Crippen molar-refractivity contribution in [2.75, 3.05) is 0 Å². The van der Waals surface area contributed by atoms with Gasteiger partial charge in [-0.15, -0.1) is 0 Å². The van der Waals surface area contributed by atoms with E-state index in [2.05, 4.69) is 44.3 Å². The van der Waals surface area contributed by atoms with E-state index in [0.717, 1.165) is 5.56 Å². The summed E-state index contributed by atoms with van der Waals surface area (Å²) in [6.45, 7) is 6.97. The van der Waals surface area contributed by atoms with Crippen LogP contribution in [0.15, 0.2) is 36.4 Å². The van der Waals surface area contributed by atoms with E-state index in [4.69, 9.17) is 0 Å². The Morgan fingerprint density at radius 2 is 1.75 bits per heavy atom. The van der Waals surface area contributed by atoms with E-state index in [9.17, 15) is 10.2 Å². The van der Waals surface area contributed by atoms with Crippen LogP contribution in [0.5, 0.6) is 11.5 Å². The number of aryl methyl sites for hydroxylation is 2. The van der Waals surface area contributed by atoms with E-state index < -0.39 is 0 Å². The molecule has 1 unspecified atom stereocenters. The second kappa shape index (κ2) is 5.97. The second-order valence-electron chi connectivity index (χ2n) is 5.29. The first-order valence-electron chi connectivity index (χ1n) is 6.79. The Labute approximate surface area is 119 Å². The van der Waals surface area contributed by atoms with Crippen molar-refractivity contribution < 1.29 is 10.2 Å². The lowest BCUT2D eigenvalue weighted by atomic mass is 10.00. The van der Waals surface area contributed by atoms with Crippen LogP contribution >= 0.6 is 0 Å². The third kappa shape index (κ3) is 3.31. The summed E-state index contributed by atoms with van der Waals surface area (Å²) in [5.74, 6) is -0.167. The molecule has 0 saturated heterocycles. The van der Waals surface area contributed by atoms with Crippen molar-refractivity contribution in [1.82, 2.24) is 5.32 Å². The summed E-state index contributed by atoms with van der Waals surface area (Å²) in [6, 6.07) is 11.6. The zero-order chi connectivity index (χ0) is 14.7. The molecule has 106 valence electrons. The molecule has 0 aliphatic rings. The number of rotatable bonds is 4. The number of hydrogen-bond acceptors (Lipinski definition) is 3. The van der Waals surface area contributed by atoms with E-state index >= 15 is 0 Å². The molecule has 2 rings (SSSR count). The van der Waals surface area contributed by atoms with Gasteiger partial charge in [-0.3, -0.25) is 0 Å². The van der Waals surface area contributed by atoms with Crippen LogP contribution in [0.3, 0.4) is 0 Å². The van der Waals surface area contributed by atoms with E-state index in [1.54, 1.807) is 12.1 Å². The Bertz CT molecular complexity index is 608. The minimum absolute atomic E-state index is 0.0801. The summed E-state index contributed by atoms with van der Waals surface area (Å²) in [5, 5.41) is 22.2. The van der Waals surface area contributed by atoms with Gasteiger partial charge < -0.3 is 15.5 Å². The van der Waals surface area contributed by atoms with E-state index in [0.29, 0.717) is 6.54 Å². The highest BCUT2D eigenvalue weighted by molar-refractivity contribution is 5.40. The normalized spacial score (nSPS) is 12.3. The molecule has 0 aliphatic carbocycles. The van der Waals surface area contributed by atoms with Crippen molar-refractivity contribution in [3.63, 3.8) is 0 Å². The number of hydrogen-bond donors (Lipinski definition) is 3. The van der Waals surface area contributed by atoms with Crippen molar-refractivity contribution in [2.24, 2.45) is 0 Å². The van der Waals surface area contributed by atoms with Crippen molar-refractivity contribution in [1.29, 1.82) is 0 Å². The maximum Gasteiger partial charge on any atom is 0.157 e. The topological polar surface area (TPSA) is 52.5 Å². The van der Waals surface area contributed by atoms with Gasteiger partial charge in [0.05, 0.1) is 0 Å². The highest BCUT2D eigenvalue weighted by Gasteiger charge is 2.08. The second-order valence-corrected chi connectivity index (χ2v) is 5.29. The largest absolute Gasteiger partial charge is 0.504 e. The Kier molecular flexibility index (Phi) is 4.30. The molecule has 2 aromatic carbocycles. The zero-order valence-electron chi connectivity index (χ0n) is 12.1. The van der Waals surface area contributed by atoms with Crippen LogP contribution in [0.1, 0.15) is 35.2 Å². The van der Waals surface area contributed by atoms with Crippen LogP contribution in [0, 0.1) is 13.8 Å². The van der Waals surface area contributed by atoms with E-state index in [1.165, 1.54) is 22.8 Å². The van der Waals surface area contributed by atoms with Gasteiger partial charge in [-0.2, -0.15) is 0 Å². The molecule has 0 aromatic heterocycles. The lowest BCUT2D eigenvalue weighted by Gasteiger charge is -2.17. The van der Waals surface area contributed by atoms with Crippen molar-refractivity contribution in [2.45, 2.75) is 33.4 Å². The summed E-state index contributed by atoms with van der Waals surface area (Å²) >= 11 is 0. The molecule has 0 fully saturated rings. The van der Waals surface area contributed by atoms with Crippen molar-refractivity contribution in [3.8, 4) is 11.5 Å². The zero-order valence-corrected chi connectivity index (χ0v) is 12.1. The third-order valence-corrected chi connectivity index (χ3v) is 3.54. The molecule has 0 bridgehead atoms. The van der Waals surface area contributed by atoms with Crippen LogP contribution in [-0.4, -0.2) is 10.2 Å². The first kappa shape index (κ1) is 14.4. The average molecular weight is 271 g/mol. The lowest BCUT2D eigenvalue weighted by molar-refractivity contribution is 0.402. The summed E-state index contributed by atoms with van der Waals surface area (Å²) in [6.07, 6.45) is 0. The molecule has 0 heterocycles. The number of phenols is 2. The summed E-state index contributed by atoms with van der Waals surface area (Å²) in [5.41, 5.74) is 4.76. The number of benzene rings is 2. The van der Waals surface area contributed by atoms with Gasteiger partial charge in [0.2, 0.25) is 0 Å². The van der Waals surface area contributed by atoms with Crippen molar-refractivity contribution in [3.05, 3.63) is 58.7 Å². The van der Waals surface area contributed by atoms with Crippen LogP contribution in [0.4, 0.5) is 0 Å². The standard InChI is InChI=1S/C17H21NO2/c1-11-4-6-15(12(2)8-11)13(3)18-10-14-5-7-16(19)17(20)9-14/h4-9,13,18-20H,10H2,1-3H3. The first-order valence-corrected chi connectivity index (χ1v) is 6.79. The molecule has 0 saturated carbocycles. The summed E-state index contributed by atoms with van der Waals surface area (Å²) < 4.78 is 0. The first-order chi connectivity index (χ1) is 9.47. The van der Waals surface area contributed by atoms with Gasteiger partial charge in [-0.1, -0.05) is 29.8 Å². The number of nitrogens with one attached hydrogen (secondary N) is 1. The fourth-order valence-electron chi connectivity index (χ4n) is 2.37. The molecule has 3 heteroatoms. The Morgan fingerprint density at radius 1 is 1.00 bits per heavy atom. The predicted molar refractivity (Wildman–Crippen MR) is 80.9 cm³/mol. The minimum atomic E-state index is -0.0869. The van der Waals surface area contributed by atoms with Gasteiger partial charge in [-0.05, 0) is 49.6 Å². The smallest absolute Gasteiger partial charge is 0.157 e. The number of aromatic hydroxyl groups is 2. The predicted octanol–water partition coefficient (Wildman–Crippen LogP) is 3.57. The van der Waals surface area contributed by atoms with Gasteiger partial charge >= 0.3 is 0 Å². The van der Waals surface area contributed by atoms with Gasteiger partial charge in [0.25, 0.3) is 0 Å². The maximum atomic E-state index is 9.48. The van der Waals surface area contributed by atoms with E-state index in [1.807, 2.05) is 0 Å². The minimum Gasteiger partial charge on any atom is -0.504 e. The quantitative estimate of drug-likeness (QED) is 0.745. The Balaban J connectivity index is 2.04. The van der Waals surface area contributed by atoms with Crippen molar-refractivity contribution >= 4 is 0 Å². The summed E-state index contributed by atoms with van der Waals surface area (Å²) in [4.78, 5) is 0. The molecule has 1 atom stereocenters. The monoisotopic (exact) mass is 271 g/mol. The molecule has 0 aliphatic heterocycles. The molecule has 0 amide bonds. The van der Waals surface area contributed by atoms with Gasteiger partial charge in [-0.25, -0.2) is 0 Å². The van der Waals surface area contributed by atoms with Gasteiger partial charge in [0.15, 0.2) is 11.5 Å². The third-order valence-electron chi connectivity index (χ3n) is 3.54. The maximum absolute atomic E-state index is 9.48. The van der Waals surface area contributed by atoms with Crippen LogP contribution in [0.25, 0.3) is 0 Å². The molecular weight excluding hydrogens is 250 g/mol. The van der Waals surface area contributed by atoms with Crippen LogP contribution in [-0.2, 0) is 6.54 Å². The Hall–Kier alpha value is -2.00. The Morgan fingerprint density at radius 3 is 2.40 bits per heavy atom. The van der Waals surface area contributed by atoms with Crippen LogP contribution in [0.2, 0.25) is 0 Å². The fourth-order valence-corrected chi connectivity index (χ4v) is 2.37. The molecule has 3 nitrogen and oxygen atoms in total. The molecule has 0 spiro atoms. The molecule has 2 aromatic rings. The van der Waals surface area contributed by atoms with Crippen LogP contribution < -0.4 is 5.32 Å². The fraction of sp³-hybridized carbons (Fsp3) is 0.294. The highest BCUT2D eigenvalue weighted by atomic mass is 16.3. The highest BCUT2D eigenvalue weighted by Crippen LogP contribution is 2.25. The average Bonchev–Trinajstić information content (AvgIpc) is 2.40. The molecule has 3 N–H and O–H groups in total. The summed E-state index contributed by atoms with van der Waals surface area (Å²) in [7, 11) is 0. The van der Waals surface area contributed by atoms with Gasteiger partial charge in [0, 0.05) is 12.6 Å². The SMILES string of the molecule is Cc1ccc(C(C)NCc2ccc(O)c(O)c2)c(C)c1. The lowest BCUT2D eigenvalue weighted by Crippen LogP contribution is -2.18. The molecular formula is C17H21NO2. The molecule has 20 heavy (non-hydrogen) atoms. The van der Waals surface area contributed by atoms with E-state index in [-0.39, 0.29) is 17.5 Å². The molecule has 0 radical (unpaired) electrons. The van der Waals surface area contributed by atoms with Gasteiger partial charge in [0.1, 0.15) is 0 Å².